The van der Waals surface area contributed by atoms with E-state index in [4.69, 9.17) is 4.74 Å². The maximum absolute atomic E-state index is 13.1. The number of carbonyl (C=O) groups is 1. The number of hydrogen-bond acceptors (Lipinski definition) is 5. The second-order valence-corrected chi connectivity index (χ2v) is 6.37. The molecule has 0 aliphatic carbocycles. The molecule has 6 nitrogen and oxygen atoms in total. The smallest absolute Gasteiger partial charge is 0.252 e. The number of hydrogen-bond donors (Lipinski definition) is 1. The lowest BCUT2D eigenvalue weighted by molar-refractivity contribution is 0.0952. The molecule has 3 heterocycles. The predicted octanol–water partition coefficient (Wildman–Crippen LogP) is 4.02. The van der Waals surface area contributed by atoms with E-state index in [1.165, 1.54) is 0 Å². The van der Waals surface area contributed by atoms with E-state index in [0.717, 1.165) is 22.2 Å². The Morgan fingerprint density at radius 3 is 2.62 bits per heavy atom. The van der Waals surface area contributed by atoms with Crippen molar-refractivity contribution in [2.75, 3.05) is 6.61 Å². The number of para-hydroxylation sites is 1. The van der Waals surface area contributed by atoms with Gasteiger partial charge in [-0.1, -0.05) is 30.3 Å². The number of pyridine rings is 3. The van der Waals surface area contributed by atoms with Crippen molar-refractivity contribution in [3.63, 3.8) is 0 Å². The molecule has 0 unspecified atom stereocenters. The van der Waals surface area contributed by atoms with Crippen LogP contribution in [0.1, 0.15) is 22.8 Å². The summed E-state index contributed by atoms with van der Waals surface area (Å²) in [7, 11) is 0. The monoisotopic (exact) mass is 384 g/mol. The Morgan fingerprint density at radius 2 is 1.79 bits per heavy atom. The molecule has 1 aromatic carbocycles. The summed E-state index contributed by atoms with van der Waals surface area (Å²) in [5.41, 5.74) is 3.50. The zero-order valence-electron chi connectivity index (χ0n) is 16.0. The lowest BCUT2D eigenvalue weighted by Crippen LogP contribution is -2.23. The maximum atomic E-state index is 13.1. The molecular formula is C23H20N4O2. The van der Waals surface area contributed by atoms with Crippen LogP contribution in [0.5, 0.6) is 5.88 Å². The van der Waals surface area contributed by atoms with E-state index in [1.807, 2.05) is 61.5 Å². The van der Waals surface area contributed by atoms with Gasteiger partial charge in [0.2, 0.25) is 5.88 Å². The topological polar surface area (TPSA) is 77.0 Å². The Morgan fingerprint density at radius 1 is 0.966 bits per heavy atom. The summed E-state index contributed by atoms with van der Waals surface area (Å²) >= 11 is 0. The highest BCUT2D eigenvalue weighted by atomic mass is 16.5. The number of carbonyl (C=O) groups excluding carboxylic acids is 1. The molecule has 4 aromatic rings. The summed E-state index contributed by atoms with van der Waals surface area (Å²) in [5.74, 6) is 0.344. The Bertz CT molecular complexity index is 1150. The molecule has 1 N–H and O–H groups in total. The minimum absolute atomic E-state index is 0.188. The number of nitrogens with one attached hydrogen (secondary N) is 1. The second kappa shape index (κ2) is 8.48. The number of nitrogens with zero attached hydrogens (tertiary/aromatic N) is 3. The van der Waals surface area contributed by atoms with Crippen molar-refractivity contribution in [3.8, 4) is 17.3 Å². The van der Waals surface area contributed by atoms with Crippen LogP contribution in [0.2, 0.25) is 0 Å². The molecule has 0 atom stereocenters. The number of rotatable bonds is 6. The number of benzene rings is 1. The third-order valence-electron chi connectivity index (χ3n) is 4.46. The van der Waals surface area contributed by atoms with Crippen LogP contribution in [-0.2, 0) is 6.54 Å². The highest BCUT2D eigenvalue weighted by molar-refractivity contribution is 6.07. The van der Waals surface area contributed by atoms with E-state index in [-0.39, 0.29) is 5.91 Å². The average molecular weight is 384 g/mol. The van der Waals surface area contributed by atoms with Crippen LogP contribution in [0, 0.1) is 0 Å². The lowest BCUT2D eigenvalue weighted by Gasteiger charge is -2.12. The molecule has 29 heavy (non-hydrogen) atoms. The van der Waals surface area contributed by atoms with Crippen LogP contribution < -0.4 is 10.1 Å². The second-order valence-electron chi connectivity index (χ2n) is 6.37. The minimum atomic E-state index is -0.188. The summed E-state index contributed by atoms with van der Waals surface area (Å²) < 4.78 is 5.54. The van der Waals surface area contributed by atoms with Gasteiger partial charge in [0.1, 0.15) is 0 Å². The molecule has 0 fully saturated rings. The summed E-state index contributed by atoms with van der Waals surface area (Å²) in [6, 6.07) is 18.7. The van der Waals surface area contributed by atoms with Gasteiger partial charge in [0.25, 0.3) is 5.91 Å². The number of amides is 1. The maximum Gasteiger partial charge on any atom is 0.252 e. The molecular weight excluding hydrogens is 364 g/mol. The van der Waals surface area contributed by atoms with E-state index in [0.29, 0.717) is 30.3 Å². The Labute approximate surface area is 168 Å². The molecule has 0 spiro atoms. The summed E-state index contributed by atoms with van der Waals surface area (Å²) in [4.78, 5) is 26.3. The van der Waals surface area contributed by atoms with Gasteiger partial charge in [0.15, 0.2) is 0 Å². The summed E-state index contributed by atoms with van der Waals surface area (Å²) in [6.07, 6.45) is 3.38. The van der Waals surface area contributed by atoms with Gasteiger partial charge >= 0.3 is 0 Å². The molecule has 4 rings (SSSR count). The van der Waals surface area contributed by atoms with Gasteiger partial charge in [-0.05, 0) is 37.3 Å². The Balaban J connectivity index is 1.67. The first-order valence-electron chi connectivity index (χ1n) is 9.42. The van der Waals surface area contributed by atoms with Crippen LogP contribution >= 0.6 is 0 Å². The number of ether oxygens (including phenoxy) is 1. The largest absolute Gasteiger partial charge is 0.478 e. The van der Waals surface area contributed by atoms with E-state index in [2.05, 4.69) is 20.3 Å². The fraction of sp³-hybridized carbons (Fsp3) is 0.130. The highest BCUT2D eigenvalue weighted by Gasteiger charge is 2.15. The lowest BCUT2D eigenvalue weighted by atomic mass is 10.1. The third-order valence-corrected chi connectivity index (χ3v) is 4.46. The zero-order valence-corrected chi connectivity index (χ0v) is 16.0. The third kappa shape index (κ3) is 4.06. The first kappa shape index (κ1) is 18.6. The van der Waals surface area contributed by atoms with Gasteiger partial charge in [-0.25, -0.2) is 9.97 Å². The molecule has 0 saturated heterocycles. The minimum Gasteiger partial charge on any atom is -0.478 e. The fourth-order valence-corrected chi connectivity index (χ4v) is 3.10. The first-order valence-corrected chi connectivity index (χ1v) is 9.42. The molecule has 0 bridgehead atoms. The predicted molar refractivity (Wildman–Crippen MR) is 112 cm³/mol. The summed E-state index contributed by atoms with van der Waals surface area (Å²) in [5, 5.41) is 3.77. The summed E-state index contributed by atoms with van der Waals surface area (Å²) in [6.45, 7) is 2.73. The van der Waals surface area contributed by atoms with Gasteiger partial charge < -0.3 is 10.1 Å². The molecule has 1 amide bonds. The molecule has 0 aliphatic rings. The first-order chi connectivity index (χ1) is 14.3. The Kier molecular flexibility index (Phi) is 5.42. The van der Waals surface area contributed by atoms with Crippen LogP contribution in [-0.4, -0.2) is 27.5 Å². The quantitative estimate of drug-likeness (QED) is 0.543. The van der Waals surface area contributed by atoms with Crippen LogP contribution in [0.3, 0.4) is 0 Å². The SMILES string of the molecule is CCOc1ncccc1CNC(=O)c1cc(-c2ccccn2)nc2ccccc12. The zero-order chi connectivity index (χ0) is 20.1. The van der Waals surface area contributed by atoms with Crippen molar-refractivity contribution in [2.24, 2.45) is 0 Å². The molecule has 0 aliphatic heterocycles. The van der Waals surface area contributed by atoms with Crippen molar-refractivity contribution >= 4 is 16.8 Å². The van der Waals surface area contributed by atoms with Gasteiger partial charge in [0, 0.05) is 29.9 Å². The fourth-order valence-electron chi connectivity index (χ4n) is 3.10. The van der Waals surface area contributed by atoms with Gasteiger partial charge in [-0.3, -0.25) is 9.78 Å². The van der Waals surface area contributed by atoms with Gasteiger partial charge in [-0.15, -0.1) is 0 Å². The molecule has 6 heteroatoms. The van der Waals surface area contributed by atoms with Crippen molar-refractivity contribution in [1.82, 2.24) is 20.3 Å². The molecule has 0 saturated carbocycles. The molecule has 0 radical (unpaired) electrons. The molecule has 144 valence electrons. The van der Waals surface area contributed by atoms with E-state index in [1.54, 1.807) is 18.5 Å². The van der Waals surface area contributed by atoms with E-state index in [9.17, 15) is 4.79 Å². The van der Waals surface area contributed by atoms with Crippen molar-refractivity contribution < 1.29 is 9.53 Å². The number of aromatic nitrogens is 3. The van der Waals surface area contributed by atoms with Gasteiger partial charge in [0.05, 0.1) is 29.1 Å². The Hall–Kier alpha value is -3.80. The van der Waals surface area contributed by atoms with E-state index < -0.39 is 0 Å². The van der Waals surface area contributed by atoms with E-state index >= 15 is 0 Å². The van der Waals surface area contributed by atoms with Crippen molar-refractivity contribution in [1.29, 1.82) is 0 Å². The van der Waals surface area contributed by atoms with Crippen molar-refractivity contribution in [3.05, 3.63) is 84.2 Å². The number of fused-ring (bicyclic) bond motifs is 1. The van der Waals surface area contributed by atoms with Gasteiger partial charge in [-0.2, -0.15) is 0 Å². The normalized spacial score (nSPS) is 10.7. The average Bonchev–Trinajstić information content (AvgIpc) is 2.78. The van der Waals surface area contributed by atoms with Crippen molar-refractivity contribution in [2.45, 2.75) is 13.5 Å². The van der Waals surface area contributed by atoms with Crippen LogP contribution in [0.4, 0.5) is 0 Å². The highest BCUT2D eigenvalue weighted by Crippen LogP contribution is 2.24. The standard InChI is InChI=1S/C23H20N4O2/c1-2-29-23-16(8-7-13-25-23)15-26-22(28)18-14-21(20-11-5-6-12-24-20)27-19-10-4-3-9-17(18)19/h3-14H,2,15H2,1H3,(H,26,28). The van der Waals surface area contributed by atoms with Crippen LogP contribution in [0.25, 0.3) is 22.3 Å². The van der Waals surface area contributed by atoms with Crippen LogP contribution in [0.15, 0.2) is 73.1 Å². The molecule has 3 aromatic heterocycles.